The van der Waals surface area contributed by atoms with Crippen molar-refractivity contribution in [3.05, 3.63) is 65.7 Å². The molecule has 4 rings (SSSR count). The zero-order chi connectivity index (χ0) is 24.1. The first-order valence-electron chi connectivity index (χ1n) is 11.5. The molecule has 8 nitrogen and oxygen atoms in total. The van der Waals surface area contributed by atoms with Crippen molar-refractivity contribution in [1.29, 1.82) is 0 Å². The van der Waals surface area contributed by atoms with Crippen molar-refractivity contribution < 1.29 is 24.2 Å². The van der Waals surface area contributed by atoms with E-state index in [-0.39, 0.29) is 11.8 Å². The maximum atomic E-state index is 13.3. The Morgan fingerprint density at radius 1 is 0.912 bits per heavy atom. The number of carboxylic acids is 1. The molecule has 2 aromatic rings. The minimum Gasteiger partial charge on any atom is -0.481 e. The first-order valence-corrected chi connectivity index (χ1v) is 11.5. The van der Waals surface area contributed by atoms with Crippen molar-refractivity contribution in [2.75, 3.05) is 41.8 Å². The van der Waals surface area contributed by atoms with Gasteiger partial charge in [-0.2, -0.15) is 0 Å². The Morgan fingerprint density at radius 3 is 2.24 bits per heavy atom. The average Bonchev–Trinajstić information content (AvgIpc) is 2.86. The number of carbonyl (C=O) groups is 3. The van der Waals surface area contributed by atoms with Gasteiger partial charge in [-0.1, -0.05) is 29.8 Å². The zero-order valence-electron chi connectivity index (χ0n) is 19.1. The summed E-state index contributed by atoms with van der Waals surface area (Å²) in [6, 6.07) is 12.8. The largest absolute Gasteiger partial charge is 0.481 e. The quantitative estimate of drug-likeness (QED) is 0.564. The number of anilines is 3. The van der Waals surface area contributed by atoms with Crippen LogP contribution in [0.2, 0.25) is 0 Å². The van der Waals surface area contributed by atoms with Crippen molar-refractivity contribution in [2.45, 2.75) is 19.8 Å². The summed E-state index contributed by atoms with van der Waals surface area (Å²) in [5.41, 5.74) is 3.41. The van der Waals surface area contributed by atoms with E-state index in [4.69, 9.17) is 4.74 Å². The van der Waals surface area contributed by atoms with E-state index in [1.54, 1.807) is 18.2 Å². The fourth-order valence-corrected chi connectivity index (χ4v) is 4.32. The summed E-state index contributed by atoms with van der Waals surface area (Å²) in [6.07, 6.45) is 4.34. The summed E-state index contributed by atoms with van der Waals surface area (Å²) in [7, 11) is 0. The monoisotopic (exact) mass is 463 g/mol. The Balaban J connectivity index is 1.59. The third-order valence-electron chi connectivity index (χ3n) is 6.26. The van der Waals surface area contributed by atoms with Crippen LogP contribution in [-0.2, 0) is 14.3 Å². The number of hydrogen-bond donors (Lipinski definition) is 3. The molecule has 0 radical (unpaired) electrons. The Kier molecular flexibility index (Phi) is 7.27. The maximum absolute atomic E-state index is 13.3. The lowest BCUT2D eigenvalue weighted by Crippen LogP contribution is -2.37. The van der Waals surface area contributed by atoms with Gasteiger partial charge >= 0.3 is 5.97 Å². The summed E-state index contributed by atoms with van der Waals surface area (Å²) in [5, 5.41) is 15.3. The number of carbonyl (C=O) groups excluding carboxylic acids is 2. The van der Waals surface area contributed by atoms with E-state index in [2.05, 4.69) is 15.5 Å². The molecule has 0 bridgehead atoms. The summed E-state index contributed by atoms with van der Waals surface area (Å²) < 4.78 is 5.45. The van der Waals surface area contributed by atoms with Crippen LogP contribution in [0.25, 0.3) is 0 Å². The summed E-state index contributed by atoms with van der Waals surface area (Å²) >= 11 is 0. The van der Waals surface area contributed by atoms with E-state index in [1.807, 2.05) is 43.3 Å². The number of aliphatic carboxylic acids is 1. The lowest BCUT2D eigenvalue weighted by molar-refractivity contribution is -0.146. The number of allylic oxidation sites excluding steroid dienone is 2. The van der Waals surface area contributed by atoms with Crippen LogP contribution in [-0.4, -0.2) is 49.2 Å². The number of nitrogens with one attached hydrogen (secondary N) is 2. The second-order valence-electron chi connectivity index (χ2n) is 8.63. The summed E-state index contributed by atoms with van der Waals surface area (Å²) in [5.74, 6) is -3.05. The average molecular weight is 464 g/mol. The molecule has 8 heteroatoms. The van der Waals surface area contributed by atoms with Gasteiger partial charge in [0.2, 0.25) is 5.91 Å². The van der Waals surface area contributed by atoms with Crippen LogP contribution in [0.3, 0.4) is 0 Å². The first kappa shape index (κ1) is 23.5. The van der Waals surface area contributed by atoms with Gasteiger partial charge in [-0.25, -0.2) is 0 Å². The van der Waals surface area contributed by atoms with Crippen LogP contribution >= 0.6 is 0 Å². The fraction of sp³-hybridized carbons (Fsp3) is 0.346. The number of rotatable bonds is 6. The van der Waals surface area contributed by atoms with Crippen molar-refractivity contribution in [3.8, 4) is 0 Å². The van der Waals surface area contributed by atoms with Gasteiger partial charge in [-0.05, 0) is 50.1 Å². The van der Waals surface area contributed by atoms with Gasteiger partial charge in [0, 0.05) is 30.2 Å². The van der Waals surface area contributed by atoms with E-state index in [0.717, 1.165) is 11.3 Å². The predicted molar refractivity (Wildman–Crippen MR) is 130 cm³/mol. The molecule has 1 aliphatic heterocycles. The number of nitrogens with zero attached hydrogens (tertiary/aromatic N) is 1. The van der Waals surface area contributed by atoms with Crippen LogP contribution in [0, 0.1) is 18.8 Å². The van der Waals surface area contributed by atoms with Crippen LogP contribution in [0.5, 0.6) is 0 Å². The van der Waals surface area contributed by atoms with E-state index in [1.165, 1.54) is 0 Å². The molecule has 178 valence electrons. The van der Waals surface area contributed by atoms with Crippen LogP contribution in [0.1, 0.15) is 28.8 Å². The molecule has 0 aromatic heterocycles. The summed E-state index contributed by atoms with van der Waals surface area (Å²) in [6.45, 7) is 4.44. The number of aryl methyl sites for hydroxylation is 1. The predicted octanol–water partition coefficient (Wildman–Crippen LogP) is 3.69. The molecule has 2 atom stereocenters. The SMILES string of the molecule is Cc1ccc(NC(=O)c2cc(NC(=O)[C@@H]3CC=CC[C@H]3C(=O)O)ccc2N2CCOCC2)cc1. The Bertz CT molecular complexity index is 1090. The second-order valence-corrected chi connectivity index (χ2v) is 8.63. The standard InChI is InChI=1S/C26H29N3O5/c1-17-6-8-18(9-7-17)27-25(31)22-16-19(10-11-23(22)29-12-14-34-15-13-29)28-24(30)20-4-2-3-5-21(20)26(32)33/h2-3,6-11,16,20-21H,4-5,12-15H2,1H3,(H,27,31)(H,28,30)(H,32,33)/t20-,21-/m1/s1. The molecule has 0 unspecified atom stereocenters. The Morgan fingerprint density at radius 2 is 1.56 bits per heavy atom. The molecule has 2 aliphatic rings. The van der Waals surface area contributed by atoms with Crippen molar-refractivity contribution in [3.63, 3.8) is 0 Å². The molecule has 3 N–H and O–H groups in total. The van der Waals surface area contributed by atoms with Gasteiger partial charge in [0.15, 0.2) is 0 Å². The smallest absolute Gasteiger partial charge is 0.307 e. The fourth-order valence-electron chi connectivity index (χ4n) is 4.32. The molecule has 1 saturated heterocycles. The summed E-state index contributed by atoms with van der Waals surface area (Å²) in [4.78, 5) is 39.9. The van der Waals surface area contributed by atoms with Crippen molar-refractivity contribution >= 4 is 34.8 Å². The van der Waals surface area contributed by atoms with E-state index in [9.17, 15) is 19.5 Å². The van der Waals surface area contributed by atoms with E-state index in [0.29, 0.717) is 56.1 Å². The molecule has 2 aromatic carbocycles. The number of benzene rings is 2. The minimum absolute atomic E-state index is 0.287. The molecular weight excluding hydrogens is 434 g/mol. The number of morpholine rings is 1. The molecule has 0 spiro atoms. The van der Waals surface area contributed by atoms with Gasteiger partial charge < -0.3 is 25.4 Å². The highest BCUT2D eigenvalue weighted by Crippen LogP contribution is 2.30. The lowest BCUT2D eigenvalue weighted by Gasteiger charge is -2.30. The lowest BCUT2D eigenvalue weighted by atomic mass is 9.82. The van der Waals surface area contributed by atoms with Crippen LogP contribution in [0.15, 0.2) is 54.6 Å². The molecular formula is C26H29N3O5. The van der Waals surface area contributed by atoms with Gasteiger partial charge in [0.25, 0.3) is 5.91 Å². The molecule has 0 saturated carbocycles. The maximum Gasteiger partial charge on any atom is 0.307 e. The first-order chi connectivity index (χ1) is 16.4. The molecule has 1 heterocycles. The minimum atomic E-state index is -0.981. The second kappa shape index (κ2) is 10.5. The van der Waals surface area contributed by atoms with Gasteiger partial charge in [0.05, 0.1) is 30.6 Å². The van der Waals surface area contributed by atoms with Crippen molar-refractivity contribution in [2.24, 2.45) is 11.8 Å². The van der Waals surface area contributed by atoms with E-state index >= 15 is 0 Å². The molecule has 1 aliphatic carbocycles. The third kappa shape index (κ3) is 5.46. The highest BCUT2D eigenvalue weighted by molar-refractivity contribution is 6.09. The number of amides is 2. The number of carboxylic acid groups (broad SMARTS) is 1. The zero-order valence-corrected chi connectivity index (χ0v) is 19.1. The number of hydrogen-bond acceptors (Lipinski definition) is 5. The molecule has 2 amide bonds. The van der Waals surface area contributed by atoms with Crippen LogP contribution < -0.4 is 15.5 Å². The van der Waals surface area contributed by atoms with Crippen molar-refractivity contribution in [1.82, 2.24) is 0 Å². The third-order valence-corrected chi connectivity index (χ3v) is 6.26. The molecule has 34 heavy (non-hydrogen) atoms. The van der Waals surface area contributed by atoms with Gasteiger partial charge in [-0.3, -0.25) is 14.4 Å². The van der Waals surface area contributed by atoms with Crippen LogP contribution in [0.4, 0.5) is 17.1 Å². The molecule has 1 fully saturated rings. The Hall–Kier alpha value is -3.65. The normalized spacial score (nSPS) is 20.0. The highest BCUT2D eigenvalue weighted by Gasteiger charge is 2.34. The van der Waals surface area contributed by atoms with Gasteiger partial charge in [0.1, 0.15) is 0 Å². The topological polar surface area (TPSA) is 108 Å². The van der Waals surface area contributed by atoms with E-state index < -0.39 is 17.8 Å². The highest BCUT2D eigenvalue weighted by atomic mass is 16.5. The van der Waals surface area contributed by atoms with Gasteiger partial charge in [-0.15, -0.1) is 0 Å². The Labute approximate surface area is 198 Å². The number of ether oxygens (including phenoxy) is 1.